The molecule has 2 atom stereocenters. The molecule has 4 aromatic rings. The van der Waals surface area contributed by atoms with Gasteiger partial charge in [-0.2, -0.15) is 0 Å². The van der Waals surface area contributed by atoms with Crippen molar-refractivity contribution >= 4 is 16.8 Å². The van der Waals surface area contributed by atoms with Gasteiger partial charge in [-0.25, -0.2) is 0 Å². The fraction of sp³-hybridized carbons (Fsp3) is 0.286. The minimum atomic E-state index is 0.00199. The lowest BCUT2D eigenvalue weighted by Crippen LogP contribution is -2.50. The predicted molar refractivity (Wildman–Crippen MR) is 131 cm³/mol. The first kappa shape index (κ1) is 20.8. The highest BCUT2D eigenvalue weighted by molar-refractivity contribution is 5.87. The van der Waals surface area contributed by atoms with Crippen molar-refractivity contribution in [3.05, 3.63) is 101 Å². The summed E-state index contributed by atoms with van der Waals surface area (Å²) in [7, 11) is 0. The standard InChI is InChI=1S/C28H27N3O3/c32-27-11-5-8-24-22-14-21(17-31(24)27)16-30(18-22)28(33)19-34-26-10-4-9-25-23(26)12-13-29(25)15-20-6-2-1-3-7-20/h1-13,21-22H,14-19H2. The summed E-state index contributed by atoms with van der Waals surface area (Å²) in [5.41, 5.74) is 3.43. The molecule has 0 aliphatic carbocycles. The minimum Gasteiger partial charge on any atom is -0.483 e. The van der Waals surface area contributed by atoms with Crippen molar-refractivity contribution in [2.45, 2.75) is 25.4 Å². The number of hydrogen-bond acceptors (Lipinski definition) is 3. The Morgan fingerprint density at radius 2 is 1.76 bits per heavy atom. The number of aromatic nitrogens is 2. The highest BCUT2D eigenvalue weighted by Crippen LogP contribution is 2.35. The minimum absolute atomic E-state index is 0.00199. The predicted octanol–water partition coefficient (Wildman–Crippen LogP) is 3.88. The largest absolute Gasteiger partial charge is 0.483 e. The van der Waals surface area contributed by atoms with Crippen LogP contribution >= 0.6 is 0 Å². The summed E-state index contributed by atoms with van der Waals surface area (Å²) >= 11 is 0. The molecule has 2 aromatic carbocycles. The fourth-order valence-electron chi connectivity index (χ4n) is 5.57. The molecule has 2 unspecified atom stereocenters. The van der Waals surface area contributed by atoms with Crippen molar-refractivity contribution in [1.82, 2.24) is 14.0 Å². The first-order valence-electron chi connectivity index (χ1n) is 11.9. The average molecular weight is 454 g/mol. The van der Waals surface area contributed by atoms with Crippen LogP contribution in [0.25, 0.3) is 10.9 Å². The van der Waals surface area contributed by atoms with Gasteiger partial charge in [-0.05, 0) is 42.2 Å². The van der Waals surface area contributed by atoms with Crippen molar-refractivity contribution in [3.63, 3.8) is 0 Å². The van der Waals surface area contributed by atoms with Crippen molar-refractivity contribution < 1.29 is 9.53 Å². The second-order valence-electron chi connectivity index (χ2n) is 9.40. The molecule has 2 aliphatic heterocycles. The monoisotopic (exact) mass is 453 g/mol. The number of piperidine rings is 1. The van der Waals surface area contributed by atoms with Gasteiger partial charge >= 0.3 is 0 Å². The fourth-order valence-corrected chi connectivity index (χ4v) is 5.57. The maximum absolute atomic E-state index is 13.1. The SMILES string of the molecule is O=C(COc1cccc2c1ccn2Cc1ccccc1)N1CC2CC(C1)c1cccc(=O)n1C2. The zero-order chi connectivity index (χ0) is 23.1. The Hall–Kier alpha value is -3.80. The lowest BCUT2D eigenvalue weighted by atomic mass is 9.83. The maximum Gasteiger partial charge on any atom is 0.260 e. The Bertz CT molecular complexity index is 1410. The van der Waals surface area contributed by atoms with Gasteiger partial charge in [0.25, 0.3) is 11.5 Å². The lowest BCUT2D eigenvalue weighted by Gasteiger charge is -2.42. The van der Waals surface area contributed by atoms with Crippen molar-refractivity contribution in [1.29, 1.82) is 0 Å². The summed E-state index contributed by atoms with van der Waals surface area (Å²) in [6.07, 6.45) is 3.10. The Morgan fingerprint density at radius 1 is 0.912 bits per heavy atom. The van der Waals surface area contributed by atoms with E-state index in [0.29, 0.717) is 25.6 Å². The molecular weight excluding hydrogens is 426 g/mol. The third-order valence-electron chi connectivity index (χ3n) is 7.15. The van der Waals surface area contributed by atoms with Gasteiger partial charge in [-0.1, -0.05) is 42.5 Å². The zero-order valence-electron chi connectivity index (χ0n) is 19.0. The first-order valence-corrected chi connectivity index (χ1v) is 11.9. The van der Waals surface area contributed by atoms with E-state index < -0.39 is 0 Å². The molecule has 172 valence electrons. The average Bonchev–Trinajstić information content (AvgIpc) is 3.27. The summed E-state index contributed by atoms with van der Waals surface area (Å²) < 4.78 is 10.1. The van der Waals surface area contributed by atoms with Crippen LogP contribution in [0.15, 0.2) is 83.8 Å². The molecule has 2 aromatic heterocycles. The molecule has 1 saturated heterocycles. The number of fused-ring (bicyclic) bond motifs is 5. The first-order chi connectivity index (χ1) is 16.7. The van der Waals surface area contributed by atoms with Crippen LogP contribution in [0.5, 0.6) is 5.75 Å². The van der Waals surface area contributed by atoms with E-state index in [2.05, 4.69) is 35.0 Å². The molecule has 6 heteroatoms. The summed E-state index contributed by atoms with van der Waals surface area (Å²) in [5, 5.41) is 1.01. The Labute approximate surface area is 198 Å². The molecule has 6 rings (SSSR count). The third-order valence-corrected chi connectivity index (χ3v) is 7.15. The normalized spacial score (nSPS) is 19.1. The summed E-state index contributed by atoms with van der Waals surface area (Å²) in [4.78, 5) is 27.2. The van der Waals surface area contributed by atoms with Gasteiger partial charge in [0.05, 0.1) is 5.52 Å². The Balaban J connectivity index is 1.16. The molecule has 4 heterocycles. The number of rotatable bonds is 5. The molecule has 0 N–H and O–H groups in total. The van der Waals surface area contributed by atoms with E-state index in [1.165, 1.54) is 5.56 Å². The Morgan fingerprint density at radius 3 is 2.65 bits per heavy atom. The quantitative estimate of drug-likeness (QED) is 0.461. The van der Waals surface area contributed by atoms with E-state index >= 15 is 0 Å². The highest BCUT2D eigenvalue weighted by Gasteiger charge is 2.36. The smallest absolute Gasteiger partial charge is 0.260 e. The zero-order valence-corrected chi connectivity index (χ0v) is 19.0. The van der Waals surface area contributed by atoms with Crippen LogP contribution in [0.4, 0.5) is 0 Å². The second kappa shape index (κ2) is 8.52. The highest BCUT2D eigenvalue weighted by atomic mass is 16.5. The third kappa shape index (κ3) is 3.79. The number of carbonyl (C=O) groups is 1. The van der Waals surface area contributed by atoms with E-state index in [-0.39, 0.29) is 24.0 Å². The van der Waals surface area contributed by atoms with Crippen LogP contribution in [0, 0.1) is 5.92 Å². The van der Waals surface area contributed by atoms with E-state index in [0.717, 1.165) is 35.3 Å². The van der Waals surface area contributed by atoms with Crippen LogP contribution in [0.3, 0.4) is 0 Å². The number of pyridine rings is 1. The van der Waals surface area contributed by atoms with Gasteiger partial charge in [-0.15, -0.1) is 0 Å². The van der Waals surface area contributed by atoms with Gasteiger partial charge in [-0.3, -0.25) is 9.59 Å². The summed E-state index contributed by atoms with van der Waals surface area (Å²) in [6.45, 7) is 2.80. The number of carbonyl (C=O) groups excluding carboxylic acids is 1. The van der Waals surface area contributed by atoms with Gasteiger partial charge in [0, 0.05) is 55.4 Å². The van der Waals surface area contributed by atoms with Crippen LogP contribution < -0.4 is 10.3 Å². The van der Waals surface area contributed by atoms with Crippen LogP contribution in [-0.2, 0) is 17.9 Å². The van der Waals surface area contributed by atoms with Gasteiger partial charge in [0.2, 0.25) is 0 Å². The number of ether oxygens (including phenoxy) is 1. The van der Waals surface area contributed by atoms with E-state index in [1.807, 2.05) is 51.9 Å². The van der Waals surface area contributed by atoms with Gasteiger partial charge < -0.3 is 18.8 Å². The number of amides is 1. The van der Waals surface area contributed by atoms with Gasteiger partial charge in [0.1, 0.15) is 5.75 Å². The molecule has 1 fully saturated rings. The molecule has 6 nitrogen and oxygen atoms in total. The maximum atomic E-state index is 13.1. The van der Waals surface area contributed by atoms with Crippen molar-refractivity contribution in [2.75, 3.05) is 19.7 Å². The summed E-state index contributed by atoms with van der Waals surface area (Å²) in [5.74, 6) is 1.25. The van der Waals surface area contributed by atoms with Crippen LogP contribution in [0.2, 0.25) is 0 Å². The van der Waals surface area contributed by atoms with Crippen LogP contribution in [0.1, 0.15) is 23.6 Å². The molecule has 0 spiro atoms. The van der Waals surface area contributed by atoms with E-state index in [1.54, 1.807) is 6.07 Å². The molecule has 0 radical (unpaired) electrons. The second-order valence-corrected chi connectivity index (χ2v) is 9.40. The van der Waals surface area contributed by atoms with Crippen LogP contribution in [-0.4, -0.2) is 39.6 Å². The molecular formula is C28H27N3O3. The summed E-state index contributed by atoms with van der Waals surface area (Å²) in [6, 6.07) is 23.9. The Kier molecular flexibility index (Phi) is 5.21. The number of nitrogens with zero attached hydrogens (tertiary/aromatic N) is 3. The number of benzene rings is 2. The van der Waals surface area contributed by atoms with Gasteiger partial charge in [0.15, 0.2) is 6.61 Å². The molecule has 0 saturated carbocycles. The topological polar surface area (TPSA) is 56.5 Å². The van der Waals surface area contributed by atoms with Crippen molar-refractivity contribution in [3.8, 4) is 5.75 Å². The molecule has 1 amide bonds. The number of hydrogen-bond donors (Lipinski definition) is 0. The lowest BCUT2D eigenvalue weighted by molar-refractivity contribution is -0.136. The van der Waals surface area contributed by atoms with E-state index in [4.69, 9.17) is 4.74 Å². The number of likely N-dealkylation sites (tertiary alicyclic amines) is 1. The molecule has 2 aliphatic rings. The van der Waals surface area contributed by atoms with E-state index in [9.17, 15) is 9.59 Å². The molecule has 34 heavy (non-hydrogen) atoms. The van der Waals surface area contributed by atoms with Crippen molar-refractivity contribution in [2.24, 2.45) is 5.92 Å². The molecule has 2 bridgehead atoms.